The quantitative estimate of drug-likeness (QED) is 0.854. The molecule has 20 heavy (non-hydrogen) atoms. The summed E-state index contributed by atoms with van der Waals surface area (Å²) in [6, 6.07) is 6.97. The maximum absolute atomic E-state index is 5.75. The number of ether oxygens (including phenoxy) is 2. The van der Waals surface area contributed by atoms with Gasteiger partial charge in [-0.05, 0) is 31.0 Å². The first-order chi connectivity index (χ1) is 9.69. The van der Waals surface area contributed by atoms with Crippen molar-refractivity contribution in [3.8, 4) is 11.5 Å². The van der Waals surface area contributed by atoms with Crippen molar-refractivity contribution < 1.29 is 9.47 Å². The van der Waals surface area contributed by atoms with E-state index in [2.05, 4.69) is 32.2 Å². The molecule has 112 valence electrons. The molecule has 3 heteroatoms. The Bertz CT molecular complexity index is 429. The zero-order valence-electron chi connectivity index (χ0n) is 13.1. The van der Waals surface area contributed by atoms with Crippen molar-refractivity contribution in [3.05, 3.63) is 23.8 Å². The van der Waals surface area contributed by atoms with Gasteiger partial charge in [0.2, 0.25) is 0 Å². The highest BCUT2D eigenvalue weighted by molar-refractivity contribution is 5.43. The summed E-state index contributed by atoms with van der Waals surface area (Å²) in [5.41, 5.74) is 1.23. The second kappa shape index (κ2) is 6.98. The van der Waals surface area contributed by atoms with Crippen LogP contribution in [0, 0.1) is 5.92 Å². The van der Waals surface area contributed by atoms with Gasteiger partial charge in [-0.25, -0.2) is 0 Å². The molecule has 2 unspecified atom stereocenters. The smallest absolute Gasteiger partial charge is 0.124 e. The maximum Gasteiger partial charge on any atom is 0.124 e. The molecule has 0 saturated carbocycles. The molecule has 0 saturated heterocycles. The SMILES string of the molecule is CCC(CC)C(C)NC1CCOc2ccc(OC)cc21. The minimum absolute atomic E-state index is 0.365. The fraction of sp³-hybridized carbons (Fsp3) is 0.647. The van der Waals surface area contributed by atoms with Gasteiger partial charge in [-0.15, -0.1) is 0 Å². The van der Waals surface area contributed by atoms with Crippen LogP contribution in [-0.2, 0) is 0 Å². The molecule has 2 atom stereocenters. The highest BCUT2D eigenvalue weighted by atomic mass is 16.5. The predicted octanol–water partition coefficient (Wildman–Crippen LogP) is 3.93. The first kappa shape index (κ1) is 15.2. The van der Waals surface area contributed by atoms with Crippen LogP contribution >= 0.6 is 0 Å². The van der Waals surface area contributed by atoms with Gasteiger partial charge in [-0.2, -0.15) is 0 Å². The van der Waals surface area contributed by atoms with Crippen molar-refractivity contribution >= 4 is 0 Å². The number of benzene rings is 1. The molecule has 0 fully saturated rings. The summed E-state index contributed by atoms with van der Waals surface area (Å²) >= 11 is 0. The van der Waals surface area contributed by atoms with E-state index in [0.717, 1.165) is 30.4 Å². The maximum atomic E-state index is 5.75. The van der Waals surface area contributed by atoms with Crippen molar-refractivity contribution in [1.29, 1.82) is 0 Å². The Balaban J connectivity index is 2.15. The molecule has 0 bridgehead atoms. The normalized spacial score (nSPS) is 19.4. The van der Waals surface area contributed by atoms with Gasteiger partial charge in [0, 0.05) is 24.1 Å². The third kappa shape index (κ3) is 3.26. The fourth-order valence-electron chi connectivity index (χ4n) is 3.12. The summed E-state index contributed by atoms with van der Waals surface area (Å²) in [6.07, 6.45) is 3.46. The molecule has 1 aromatic rings. The summed E-state index contributed by atoms with van der Waals surface area (Å²) in [7, 11) is 1.71. The first-order valence-electron chi connectivity index (χ1n) is 7.76. The van der Waals surface area contributed by atoms with E-state index in [1.54, 1.807) is 7.11 Å². The monoisotopic (exact) mass is 277 g/mol. The number of hydrogen-bond acceptors (Lipinski definition) is 3. The Morgan fingerprint density at radius 3 is 2.75 bits per heavy atom. The average Bonchev–Trinajstić information content (AvgIpc) is 2.48. The van der Waals surface area contributed by atoms with Crippen molar-refractivity contribution in [3.63, 3.8) is 0 Å². The minimum atomic E-state index is 0.365. The largest absolute Gasteiger partial charge is 0.497 e. The predicted molar refractivity (Wildman–Crippen MR) is 82.5 cm³/mol. The third-order valence-corrected chi connectivity index (χ3v) is 4.48. The number of rotatable bonds is 6. The van der Waals surface area contributed by atoms with E-state index in [1.807, 2.05) is 12.1 Å². The van der Waals surface area contributed by atoms with Gasteiger partial charge < -0.3 is 14.8 Å². The lowest BCUT2D eigenvalue weighted by molar-refractivity contribution is 0.229. The van der Waals surface area contributed by atoms with Gasteiger partial charge in [0.25, 0.3) is 0 Å². The summed E-state index contributed by atoms with van der Waals surface area (Å²) in [5.74, 6) is 2.62. The number of fused-ring (bicyclic) bond motifs is 1. The van der Waals surface area contributed by atoms with E-state index in [1.165, 1.54) is 18.4 Å². The zero-order valence-corrected chi connectivity index (χ0v) is 13.1. The van der Waals surface area contributed by atoms with Crippen LogP contribution in [0.15, 0.2) is 18.2 Å². The molecular formula is C17H27NO2. The molecule has 3 nitrogen and oxygen atoms in total. The van der Waals surface area contributed by atoms with E-state index in [4.69, 9.17) is 9.47 Å². The summed E-state index contributed by atoms with van der Waals surface area (Å²) in [5, 5.41) is 3.79. The van der Waals surface area contributed by atoms with Gasteiger partial charge in [0.1, 0.15) is 11.5 Å². The summed E-state index contributed by atoms with van der Waals surface area (Å²) in [4.78, 5) is 0. The molecule has 1 heterocycles. The standard InChI is InChI=1S/C17H27NO2/c1-5-13(6-2)12(3)18-16-9-10-20-17-8-7-14(19-4)11-15(16)17/h7-8,11-13,16,18H,5-6,9-10H2,1-4H3. The lowest BCUT2D eigenvalue weighted by Crippen LogP contribution is -2.38. The Morgan fingerprint density at radius 1 is 1.35 bits per heavy atom. The highest BCUT2D eigenvalue weighted by Crippen LogP contribution is 2.35. The molecule has 0 aliphatic carbocycles. The van der Waals surface area contributed by atoms with E-state index in [0.29, 0.717) is 12.1 Å². The van der Waals surface area contributed by atoms with Crippen LogP contribution in [0.2, 0.25) is 0 Å². The Hall–Kier alpha value is -1.22. The molecule has 0 aromatic heterocycles. The van der Waals surface area contributed by atoms with Crippen molar-refractivity contribution in [2.24, 2.45) is 5.92 Å². The molecule has 0 spiro atoms. The van der Waals surface area contributed by atoms with E-state index < -0.39 is 0 Å². The molecule has 2 rings (SSSR count). The van der Waals surface area contributed by atoms with E-state index in [9.17, 15) is 0 Å². The van der Waals surface area contributed by atoms with Gasteiger partial charge >= 0.3 is 0 Å². The molecule has 0 amide bonds. The van der Waals surface area contributed by atoms with Gasteiger partial charge in [-0.1, -0.05) is 26.7 Å². The Kier molecular flexibility index (Phi) is 5.30. The molecular weight excluding hydrogens is 250 g/mol. The molecule has 1 N–H and O–H groups in total. The number of nitrogens with one attached hydrogen (secondary N) is 1. The topological polar surface area (TPSA) is 30.5 Å². The first-order valence-corrected chi connectivity index (χ1v) is 7.76. The molecule has 1 aromatic carbocycles. The van der Waals surface area contributed by atoms with Crippen LogP contribution in [0.5, 0.6) is 11.5 Å². The fourth-order valence-corrected chi connectivity index (χ4v) is 3.12. The van der Waals surface area contributed by atoms with Crippen LogP contribution in [-0.4, -0.2) is 19.8 Å². The van der Waals surface area contributed by atoms with Crippen LogP contribution < -0.4 is 14.8 Å². The summed E-state index contributed by atoms with van der Waals surface area (Å²) < 4.78 is 11.1. The van der Waals surface area contributed by atoms with Crippen molar-refractivity contribution in [2.75, 3.05) is 13.7 Å². The molecule has 0 radical (unpaired) electrons. The lowest BCUT2D eigenvalue weighted by Gasteiger charge is -2.32. The Morgan fingerprint density at radius 2 is 2.10 bits per heavy atom. The van der Waals surface area contributed by atoms with Crippen molar-refractivity contribution in [1.82, 2.24) is 5.32 Å². The highest BCUT2D eigenvalue weighted by Gasteiger charge is 2.25. The van der Waals surface area contributed by atoms with Crippen LogP contribution in [0.3, 0.4) is 0 Å². The number of methoxy groups -OCH3 is 1. The van der Waals surface area contributed by atoms with Gasteiger partial charge in [-0.3, -0.25) is 0 Å². The Labute approximate surface area is 122 Å². The molecule has 1 aliphatic rings. The second-order valence-electron chi connectivity index (χ2n) is 5.63. The van der Waals surface area contributed by atoms with E-state index >= 15 is 0 Å². The minimum Gasteiger partial charge on any atom is -0.497 e. The molecule has 1 aliphatic heterocycles. The summed E-state index contributed by atoms with van der Waals surface area (Å²) in [6.45, 7) is 7.63. The van der Waals surface area contributed by atoms with Crippen LogP contribution in [0.4, 0.5) is 0 Å². The van der Waals surface area contributed by atoms with Gasteiger partial charge in [0.15, 0.2) is 0 Å². The van der Waals surface area contributed by atoms with Crippen molar-refractivity contribution in [2.45, 2.75) is 52.1 Å². The van der Waals surface area contributed by atoms with Crippen LogP contribution in [0.1, 0.15) is 51.6 Å². The third-order valence-electron chi connectivity index (χ3n) is 4.48. The number of hydrogen-bond donors (Lipinski definition) is 1. The zero-order chi connectivity index (χ0) is 14.5. The second-order valence-corrected chi connectivity index (χ2v) is 5.63. The average molecular weight is 277 g/mol. The van der Waals surface area contributed by atoms with Crippen LogP contribution in [0.25, 0.3) is 0 Å². The van der Waals surface area contributed by atoms with E-state index in [-0.39, 0.29) is 0 Å². The lowest BCUT2D eigenvalue weighted by atomic mass is 9.92. The van der Waals surface area contributed by atoms with Gasteiger partial charge in [0.05, 0.1) is 13.7 Å².